The van der Waals surface area contributed by atoms with Crippen molar-refractivity contribution in [2.75, 3.05) is 26.4 Å². The van der Waals surface area contributed by atoms with E-state index in [9.17, 15) is 74.6 Å². The average Bonchev–Trinajstić information content (AvgIpc) is 0.759. The highest BCUT2D eigenvalue weighted by Crippen LogP contribution is 2.49. The van der Waals surface area contributed by atoms with Gasteiger partial charge in [-0.3, -0.25) is 28.2 Å². The number of carbonyl (C=O) groups excluding carboxylic acids is 4. The molecule has 2 aliphatic heterocycles. The van der Waals surface area contributed by atoms with Gasteiger partial charge in [-0.25, -0.2) is 4.57 Å². The highest BCUT2D eigenvalue weighted by molar-refractivity contribution is 7.47. The van der Waals surface area contributed by atoms with Crippen molar-refractivity contribution in [1.29, 1.82) is 0 Å². The Kier molecular flexibility index (Phi) is 65.5. The fourth-order valence-electron chi connectivity index (χ4n) is 16.8. The normalized spacial score (nSPS) is 25.5. The number of phosphoric ester groups is 1. The van der Waals surface area contributed by atoms with Gasteiger partial charge in [0, 0.05) is 25.7 Å². The quantitative estimate of drug-likeness (QED) is 0.0117. The van der Waals surface area contributed by atoms with Gasteiger partial charge in [0.1, 0.15) is 92.6 Å². The third-order valence-corrected chi connectivity index (χ3v) is 25.8. The van der Waals surface area contributed by atoms with Crippen molar-refractivity contribution in [3.05, 3.63) is 0 Å². The molecule has 21 atom stereocenters. The summed E-state index contributed by atoms with van der Waals surface area (Å²) in [6, 6.07) is 0. The maximum atomic E-state index is 14.9. The lowest BCUT2D eigenvalue weighted by molar-refractivity contribution is -0.360. The number of phosphoric acid groups is 1. The molecule has 0 radical (unpaired) electrons. The van der Waals surface area contributed by atoms with Crippen molar-refractivity contribution in [2.24, 2.45) is 17.8 Å². The van der Waals surface area contributed by atoms with E-state index in [0.717, 1.165) is 128 Å². The fourth-order valence-corrected chi connectivity index (χ4v) is 17.7. The van der Waals surface area contributed by atoms with Crippen LogP contribution in [-0.4, -0.2) is 205 Å². The van der Waals surface area contributed by atoms with Crippen molar-refractivity contribution < 1.29 is 122 Å². The zero-order chi connectivity index (χ0) is 88.0. The molecule has 0 aromatic carbocycles. The van der Waals surface area contributed by atoms with Crippen LogP contribution in [0.5, 0.6) is 0 Å². The summed E-state index contributed by atoms with van der Waals surface area (Å²) < 4.78 is 73.7. The number of rotatable bonds is 78. The van der Waals surface area contributed by atoms with Gasteiger partial charge in [0.2, 0.25) is 0 Å². The summed E-state index contributed by atoms with van der Waals surface area (Å²) in [6.07, 6.45) is 23.8. The van der Waals surface area contributed by atoms with E-state index in [1.165, 1.54) is 193 Å². The third kappa shape index (κ3) is 50.9. The van der Waals surface area contributed by atoms with Crippen LogP contribution >= 0.6 is 7.82 Å². The van der Waals surface area contributed by atoms with Crippen molar-refractivity contribution in [1.82, 2.24) is 0 Å². The van der Waals surface area contributed by atoms with Gasteiger partial charge >= 0.3 is 31.7 Å². The molecule has 0 bridgehead atoms. The average molecular weight is 1740 g/mol. The lowest BCUT2D eigenvalue weighted by Gasteiger charge is -2.50. The number of unbranched alkanes of at least 4 members (excludes halogenated alkanes) is 42. The van der Waals surface area contributed by atoms with E-state index in [4.69, 9.17) is 46.9 Å². The van der Waals surface area contributed by atoms with Gasteiger partial charge in [0.15, 0.2) is 24.8 Å². The number of ether oxygens (including phenoxy) is 8. The smallest absolute Gasteiger partial charge is 0.463 e. The summed E-state index contributed by atoms with van der Waals surface area (Å²) in [7, 11) is -5.81. The summed E-state index contributed by atoms with van der Waals surface area (Å²) in [6.45, 7) is 12.6. The number of hydrogen-bond acceptors (Lipinski definition) is 24. The van der Waals surface area contributed by atoms with Gasteiger partial charge in [-0.15, -0.1) is 0 Å². The Morgan fingerprint density at radius 3 is 0.992 bits per heavy atom. The molecule has 10 N–H and O–H groups in total. The van der Waals surface area contributed by atoms with E-state index in [0.29, 0.717) is 49.9 Å². The molecule has 3 fully saturated rings. The molecule has 25 nitrogen and oxygen atoms in total. The van der Waals surface area contributed by atoms with Crippen LogP contribution in [-0.2, 0) is 70.7 Å². The molecule has 1 aliphatic carbocycles. The minimum atomic E-state index is -5.81. The third-order valence-electron chi connectivity index (χ3n) is 24.8. The Morgan fingerprint density at radius 2 is 0.625 bits per heavy atom. The van der Waals surface area contributed by atoms with Crippen LogP contribution in [0.25, 0.3) is 0 Å². The minimum absolute atomic E-state index is 0.0163. The SMILES string of the molecule is CCCCCCCCCCCCCCCC(=O)OCC(COP(=O)(O)OC1C(OC2OC(CO)C(O)C(O)C2O)C(O)C(O)C(OC(=O)CCCCCCCCC(C)CCCCCCCC)C1OC1OC(COC(=O)CCCCCCCCC(C)CCCCCCCC)C(O)C(O)C1O)OC(=O)CCCCCCCCC(C)CCCCCCCC. The second-order valence-corrected chi connectivity index (χ2v) is 37.5. The summed E-state index contributed by atoms with van der Waals surface area (Å²) in [5, 5.41) is 103. The van der Waals surface area contributed by atoms with Crippen molar-refractivity contribution in [3.63, 3.8) is 0 Å². The molecule has 708 valence electrons. The number of aliphatic hydroxyl groups excluding tert-OH is 9. The van der Waals surface area contributed by atoms with E-state index in [-0.39, 0.29) is 25.7 Å². The minimum Gasteiger partial charge on any atom is -0.463 e. The van der Waals surface area contributed by atoms with E-state index < -0.39 is 162 Å². The standard InChI is InChI=1S/C94H177O25P/c1-8-12-16-20-24-25-26-27-28-29-30-43-53-63-77(96)110-68-74(113-79(98)65-55-45-35-32-41-51-61-72(6)58-48-38-22-18-14-10-3)69-112-120(108,109)119-92-90(117-93-87(106)83(102)81(100)75(67-95)114-93)86(105)85(104)89(116-80(99)66-56-46-36-33-42-52-62-73(7)59-49-39-23-19-15-11-4)91(92)118-94-88(107)84(103)82(101)76(115-94)70-111-78(97)64-54-44-34-31-40-50-60-71(5)57-47-37-21-17-13-9-2/h71-76,81-95,100-107H,8-70H2,1-7H3,(H,108,109). The van der Waals surface area contributed by atoms with Crippen LogP contribution in [0, 0.1) is 17.8 Å². The molecule has 26 heteroatoms. The summed E-state index contributed by atoms with van der Waals surface area (Å²) in [5.41, 5.74) is 0. The highest BCUT2D eigenvalue weighted by atomic mass is 31.2. The Hall–Kier alpha value is -2.53. The van der Waals surface area contributed by atoms with E-state index in [2.05, 4.69) is 48.5 Å². The van der Waals surface area contributed by atoms with Gasteiger partial charge in [-0.2, -0.15) is 0 Å². The van der Waals surface area contributed by atoms with Crippen molar-refractivity contribution in [3.8, 4) is 0 Å². The first-order valence-electron chi connectivity index (χ1n) is 48.9. The molecule has 3 aliphatic rings. The molecule has 0 amide bonds. The van der Waals surface area contributed by atoms with Gasteiger partial charge in [-0.05, 0) is 43.4 Å². The Balaban J connectivity index is 1.93. The second-order valence-electron chi connectivity index (χ2n) is 36.1. The van der Waals surface area contributed by atoms with Crippen LogP contribution < -0.4 is 0 Å². The molecule has 2 heterocycles. The topological polar surface area (TPSA) is 380 Å². The molecule has 0 aromatic rings. The largest absolute Gasteiger partial charge is 0.472 e. The monoisotopic (exact) mass is 1740 g/mol. The molecular formula is C94H177O25P. The fraction of sp³-hybridized carbons (Fsp3) is 0.957. The van der Waals surface area contributed by atoms with Crippen LogP contribution in [0.1, 0.15) is 427 Å². The molecule has 0 aromatic heterocycles. The summed E-state index contributed by atoms with van der Waals surface area (Å²) >= 11 is 0. The molecule has 3 rings (SSSR count). The van der Waals surface area contributed by atoms with Gasteiger partial charge in [-0.1, -0.05) is 376 Å². The van der Waals surface area contributed by atoms with Gasteiger partial charge < -0.3 is 88.7 Å². The molecular weight excluding hydrogens is 1560 g/mol. The van der Waals surface area contributed by atoms with Crippen molar-refractivity contribution in [2.45, 2.75) is 531 Å². The molecule has 0 spiro atoms. The maximum Gasteiger partial charge on any atom is 0.472 e. The van der Waals surface area contributed by atoms with E-state index >= 15 is 0 Å². The van der Waals surface area contributed by atoms with E-state index in [1.54, 1.807) is 0 Å². The zero-order valence-electron chi connectivity index (χ0n) is 76.1. The molecule has 120 heavy (non-hydrogen) atoms. The predicted molar refractivity (Wildman–Crippen MR) is 467 cm³/mol. The summed E-state index contributed by atoms with van der Waals surface area (Å²) in [5.74, 6) is -0.967. The van der Waals surface area contributed by atoms with Crippen LogP contribution in [0.3, 0.4) is 0 Å². The summed E-state index contributed by atoms with van der Waals surface area (Å²) in [4.78, 5) is 66.7. The lowest BCUT2D eigenvalue weighted by Crippen LogP contribution is -2.70. The lowest BCUT2D eigenvalue weighted by atomic mass is 9.84. The van der Waals surface area contributed by atoms with Crippen molar-refractivity contribution >= 4 is 31.7 Å². The van der Waals surface area contributed by atoms with E-state index in [1.807, 2.05) is 0 Å². The number of hydrogen-bond donors (Lipinski definition) is 10. The van der Waals surface area contributed by atoms with Gasteiger partial charge in [0.05, 0.1) is 13.2 Å². The first-order chi connectivity index (χ1) is 57.9. The first-order valence-corrected chi connectivity index (χ1v) is 50.4. The Bertz CT molecular complexity index is 2540. The number of carbonyl (C=O) groups is 4. The molecule has 21 unspecified atom stereocenters. The first kappa shape index (κ1) is 112. The van der Waals surface area contributed by atoms with Crippen LogP contribution in [0.4, 0.5) is 0 Å². The predicted octanol–water partition coefficient (Wildman–Crippen LogP) is 18.5. The highest BCUT2D eigenvalue weighted by Gasteiger charge is 2.60. The maximum absolute atomic E-state index is 14.9. The molecule has 2 saturated heterocycles. The number of aliphatic hydroxyl groups is 9. The van der Waals surface area contributed by atoms with Gasteiger partial charge in [0.25, 0.3) is 0 Å². The van der Waals surface area contributed by atoms with Crippen LogP contribution in [0.2, 0.25) is 0 Å². The van der Waals surface area contributed by atoms with Crippen LogP contribution in [0.15, 0.2) is 0 Å². The number of esters is 4. The Morgan fingerprint density at radius 1 is 0.325 bits per heavy atom. The second kappa shape index (κ2) is 70.4. The Labute approximate surface area is 725 Å². The zero-order valence-corrected chi connectivity index (χ0v) is 77.0. The molecule has 1 saturated carbocycles.